The highest BCUT2D eigenvalue weighted by molar-refractivity contribution is 9.10. The minimum atomic E-state index is -0.252. The average molecular weight is 285 g/mol. The standard InChI is InChI=1S/C12H14BrFN2/c1-2-6-16(7-5-15)9-10-3-4-11(14)8-12(10)13/h3-4,8H,2,6-7,9H2,1H3. The Hall–Kier alpha value is -0.920. The van der Waals surface area contributed by atoms with Crippen molar-refractivity contribution in [2.45, 2.75) is 19.9 Å². The van der Waals surface area contributed by atoms with Gasteiger partial charge in [-0.25, -0.2) is 4.39 Å². The molecule has 0 bridgehead atoms. The Bertz CT molecular complexity index is 387. The molecule has 1 aromatic carbocycles. The first kappa shape index (κ1) is 13.1. The van der Waals surface area contributed by atoms with E-state index < -0.39 is 0 Å². The van der Waals surface area contributed by atoms with E-state index in [9.17, 15) is 4.39 Å². The molecule has 0 aliphatic rings. The van der Waals surface area contributed by atoms with Gasteiger partial charge in [0.1, 0.15) is 5.82 Å². The molecule has 0 fully saturated rings. The van der Waals surface area contributed by atoms with E-state index in [-0.39, 0.29) is 5.82 Å². The van der Waals surface area contributed by atoms with Crippen LogP contribution in [0.25, 0.3) is 0 Å². The van der Waals surface area contributed by atoms with Gasteiger partial charge < -0.3 is 0 Å². The molecular weight excluding hydrogens is 271 g/mol. The van der Waals surface area contributed by atoms with Gasteiger partial charge in [0.15, 0.2) is 0 Å². The Morgan fingerprint density at radius 3 is 2.81 bits per heavy atom. The maximum atomic E-state index is 12.9. The van der Waals surface area contributed by atoms with E-state index in [1.54, 1.807) is 6.07 Å². The molecule has 0 unspecified atom stereocenters. The van der Waals surface area contributed by atoms with Crippen LogP contribution in [0.3, 0.4) is 0 Å². The average Bonchev–Trinajstić information content (AvgIpc) is 2.23. The second kappa shape index (κ2) is 6.62. The van der Waals surface area contributed by atoms with E-state index in [2.05, 4.69) is 28.9 Å². The largest absolute Gasteiger partial charge is 0.286 e. The Balaban J connectivity index is 2.73. The van der Waals surface area contributed by atoms with Crippen LogP contribution in [0, 0.1) is 17.1 Å². The lowest BCUT2D eigenvalue weighted by Crippen LogP contribution is -2.24. The third kappa shape index (κ3) is 3.92. The van der Waals surface area contributed by atoms with Crippen molar-refractivity contribution >= 4 is 15.9 Å². The third-order valence-corrected chi connectivity index (χ3v) is 2.98. The van der Waals surface area contributed by atoms with Crippen LogP contribution in [0.15, 0.2) is 22.7 Å². The summed E-state index contributed by atoms with van der Waals surface area (Å²) in [4.78, 5) is 2.04. The van der Waals surface area contributed by atoms with Gasteiger partial charge in [-0.3, -0.25) is 4.90 Å². The predicted octanol–water partition coefficient (Wildman–Crippen LogP) is 3.32. The first-order valence-corrected chi connectivity index (χ1v) is 6.00. The molecule has 0 saturated carbocycles. The number of benzene rings is 1. The second-order valence-corrected chi connectivity index (χ2v) is 4.46. The summed E-state index contributed by atoms with van der Waals surface area (Å²) in [7, 11) is 0. The highest BCUT2D eigenvalue weighted by Crippen LogP contribution is 2.19. The quantitative estimate of drug-likeness (QED) is 0.776. The number of rotatable bonds is 5. The summed E-state index contributed by atoms with van der Waals surface area (Å²) in [6.07, 6.45) is 1.00. The zero-order valence-electron chi connectivity index (χ0n) is 9.21. The molecular formula is C12H14BrFN2. The normalized spacial score (nSPS) is 10.4. The smallest absolute Gasteiger partial charge is 0.124 e. The summed E-state index contributed by atoms with van der Waals surface area (Å²) >= 11 is 3.33. The second-order valence-electron chi connectivity index (χ2n) is 3.60. The van der Waals surface area contributed by atoms with E-state index in [1.807, 2.05) is 4.90 Å². The Labute approximate surface area is 104 Å². The number of nitrogens with zero attached hydrogens (tertiary/aromatic N) is 2. The maximum Gasteiger partial charge on any atom is 0.124 e. The molecule has 0 aliphatic heterocycles. The van der Waals surface area contributed by atoms with Crippen LogP contribution in [-0.2, 0) is 6.54 Å². The van der Waals surface area contributed by atoms with E-state index >= 15 is 0 Å². The third-order valence-electron chi connectivity index (χ3n) is 2.24. The summed E-state index contributed by atoms with van der Waals surface area (Å²) in [5.41, 5.74) is 1.00. The molecule has 0 N–H and O–H groups in total. The minimum Gasteiger partial charge on any atom is -0.286 e. The minimum absolute atomic E-state index is 0.252. The molecule has 0 radical (unpaired) electrons. The number of hydrogen-bond acceptors (Lipinski definition) is 2. The van der Waals surface area contributed by atoms with Crippen molar-refractivity contribution in [3.8, 4) is 6.07 Å². The van der Waals surface area contributed by atoms with Gasteiger partial charge in [0.25, 0.3) is 0 Å². The van der Waals surface area contributed by atoms with Crippen molar-refractivity contribution in [1.82, 2.24) is 4.90 Å². The van der Waals surface area contributed by atoms with E-state index in [0.29, 0.717) is 13.1 Å². The molecule has 4 heteroatoms. The van der Waals surface area contributed by atoms with Crippen molar-refractivity contribution in [2.75, 3.05) is 13.1 Å². The van der Waals surface area contributed by atoms with Crippen LogP contribution in [0.5, 0.6) is 0 Å². The molecule has 86 valence electrons. The van der Waals surface area contributed by atoms with Crippen LogP contribution in [-0.4, -0.2) is 18.0 Å². The lowest BCUT2D eigenvalue weighted by atomic mass is 10.2. The van der Waals surface area contributed by atoms with E-state index in [0.717, 1.165) is 23.0 Å². The molecule has 0 atom stereocenters. The molecule has 0 aliphatic carbocycles. The molecule has 0 spiro atoms. The van der Waals surface area contributed by atoms with Gasteiger partial charge in [0.2, 0.25) is 0 Å². The fourth-order valence-corrected chi connectivity index (χ4v) is 2.00. The summed E-state index contributed by atoms with van der Waals surface area (Å²) < 4.78 is 13.6. The van der Waals surface area contributed by atoms with Gasteiger partial charge in [0.05, 0.1) is 12.6 Å². The molecule has 16 heavy (non-hydrogen) atoms. The van der Waals surface area contributed by atoms with Gasteiger partial charge in [-0.1, -0.05) is 28.9 Å². The molecule has 1 aromatic rings. The van der Waals surface area contributed by atoms with Crippen LogP contribution in [0.2, 0.25) is 0 Å². The van der Waals surface area contributed by atoms with E-state index in [4.69, 9.17) is 5.26 Å². The van der Waals surface area contributed by atoms with Crippen molar-refractivity contribution in [1.29, 1.82) is 5.26 Å². The maximum absolute atomic E-state index is 12.9. The molecule has 0 aromatic heterocycles. The SMILES string of the molecule is CCCN(CC#N)Cc1ccc(F)cc1Br. The first-order valence-electron chi connectivity index (χ1n) is 5.20. The Morgan fingerprint density at radius 1 is 1.50 bits per heavy atom. The topological polar surface area (TPSA) is 27.0 Å². The van der Waals surface area contributed by atoms with Crippen LogP contribution >= 0.6 is 15.9 Å². The highest BCUT2D eigenvalue weighted by atomic mass is 79.9. The summed E-state index contributed by atoms with van der Waals surface area (Å²) in [6.45, 7) is 4.02. The lowest BCUT2D eigenvalue weighted by Gasteiger charge is -2.18. The fourth-order valence-electron chi connectivity index (χ4n) is 1.52. The van der Waals surface area contributed by atoms with Gasteiger partial charge in [-0.2, -0.15) is 5.26 Å². The molecule has 0 saturated heterocycles. The van der Waals surface area contributed by atoms with Crippen LogP contribution < -0.4 is 0 Å². The summed E-state index contributed by atoms with van der Waals surface area (Å²) in [5, 5.41) is 8.69. The van der Waals surface area contributed by atoms with Crippen molar-refractivity contribution in [3.63, 3.8) is 0 Å². The van der Waals surface area contributed by atoms with Gasteiger partial charge in [0, 0.05) is 11.0 Å². The van der Waals surface area contributed by atoms with Crippen molar-refractivity contribution in [2.24, 2.45) is 0 Å². The van der Waals surface area contributed by atoms with Gasteiger partial charge in [-0.15, -0.1) is 0 Å². The van der Waals surface area contributed by atoms with Crippen LogP contribution in [0.4, 0.5) is 4.39 Å². The van der Waals surface area contributed by atoms with Gasteiger partial charge >= 0.3 is 0 Å². The highest BCUT2D eigenvalue weighted by Gasteiger charge is 2.07. The monoisotopic (exact) mass is 284 g/mol. The lowest BCUT2D eigenvalue weighted by molar-refractivity contribution is 0.298. The van der Waals surface area contributed by atoms with Crippen LogP contribution in [0.1, 0.15) is 18.9 Å². The van der Waals surface area contributed by atoms with E-state index in [1.165, 1.54) is 12.1 Å². The molecule has 1 rings (SSSR count). The summed E-state index contributed by atoms with van der Waals surface area (Å²) in [5.74, 6) is -0.252. The number of halogens is 2. The predicted molar refractivity (Wildman–Crippen MR) is 65.3 cm³/mol. The zero-order chi connectivity index (χ0) is 12.0. The van der Waals surface area contributed by atoms with Gasteiger partial charge in [-0.05, 0) is 30.7 Å². The zero-order valence-corrected chi connectivity index (χ0v) is 10.8. The molecule has 2 nitrogen and oxygen atoms in total. The first-order chi connectivity index (χ1) is 7.67. The van der Waals surface area contributed by atoms with Crippen molar-refractivity contribution < 1.29 is 4.39 Å². The fraction of sp³-hybridized carbons (Fsp3) is 0.417. The molecule has 0 amide bonds. The Morgan fingerprint density at radius 2 is 2.25 bits per heavy atom. The Kier molecular flexibility index (Phi) is 5.44. The summed E-state index contributed by atoms with van der Waals surface area (Å²) in [6, 6.07) is 6.78. The number of hydrogen-bond donors (Lipinski definition) is 0. The number of nitriles is 1. The molecule has 0 heterocycles. The van der Waals surface area contributed by atoms with Crippen molar-refractivity contribution in [3.05, 3.63) is 34.1 Å².